The van der Waals surface area contributed by atoms with Crippen LogP contribution in [0.2, 0.25) is 0 Å². The van der Waals surface area contributed by atoms with E-state index in [1.165, 1.54) is 23.9 Å². The summed E-state index contributed by atoms with van der Waals surface area (Å²) in [5.74, 6) is -0.765. The number of nitrogens with one attached hydrogen (secondary N) is 1. The summed E-state index contributed by atoms with van der Waals surface area (Å²) >= 11 is 0. The van der Waals surface area contributed by atoms with Crippen molar-refractivity contribution < 1.29 is 19.4 Å². The second-order valence-electron chi connectivity index (χ2n) is 6.78. The highest BCUT2D eigenvalue weighted by atomic mass is 16.5. The zero-order valence-electron chi connectivity index (χ0n) is 15.0. The van der Waals surface area contributed by atoms with Crippen molar-refractivity contribution in [2.24, 2.45) is 5.10 Å². The van der Waals surface area contributed by atoms with Crippen LogP contribution in [0.4, 0.5) is 0 Å². The zero-order valence-corrected chi connectivity index (χ0v) is 15.0. The molecule has 26 heavy (non-hydrogen) atoms. The number of carbonyl (C=O) groups excluding carboxylic acids is 1. The van der Waals surface area contributed by atoms with Crippen LogP contribution in [0.15, 0.2) is 53.6 Å². The number of amides is 1. The number of benzene rings is 2. The van der Waals surface area contributed by atoms with Gasteiger partial charge < -0.3 is 9.84 Å². The fourth-order valence-electron chi connectivity index (χ4n) is 2.12. The molecule has 2 rings (SSSR count). The first kappa shape index (κ1) is 19.2. The Labute approximate surface area is 152 Å². The molecule has 0 radical (unpaired) electrons. The van der Waals surface area contributed by atoms with Gasteiger partial charge in [0, 0.05) is 0 Å². The van der Waals surface area contributed by atoms with Gasteiger partial charge in [0.15, 0.2) is 6.61 Å². The molecular weight excluding hydrogens is 332 g/mol. The molecule has 2 aromatic carbocycles. The number of nitrogens with zero attached hydrogens (tertiary/aromatic N) is 1. The Bertz CT molecular complexity index is 788. The van der Waals surface area contributed by atoms with E-state index in [0.717, 1.165) is 0 Å². The van der Waals surface area contributed by atoms with Gasteiger partial charge in [-0.2, -0.15) is 5.10 Å². The van der Waals surface area contributed by atoms with Gasteiger partial charge in [0.2, 0.25) is 0 Å². The first-order chi connectivity index (χ1) is 12.3. The van der Waals surface area contributed by atoms with Gasteiger partial charge in [-0.3, -0.25) is 4.79 Å². The van der Waals surface area contributed by atoms with E-state index in [0.29, 0.717) is 11.3 Å². The van der Waals surface area contributed by atoms with Crippen molar-refractivity contribution in [2.45, 2.75) is 26.2 Å². The third-order valence-corrected chi connectivity index (χ3v) is 3.65. The molecule has 2 aromatic rings. The lowest BCUT2D eigenvalue weighted by atomic mass is 9.87. The highest BCUT2D eigenvalue weighted by Crippen LogP contribution is 2.24. The van der Waals surface area contributed by atoms with Gasteiger partial charge in [0.1, 0.15) is 5.75 Å². The molecule has 1 amide bonds. The van der Waals surface area contributed by atoms with Crippen LogP contribution in [0, 0.1) is 0 Å². The van der Waals surface area contributed by atoms with Gasteiger partial charge in [-0.25, -0.2) is 10.2 Å². The molecule has 0 heterocycles. The van der Waals surface area contributed by atoms with Gasteiger partial charge in [-0.1, -0.05) is 45.0 Å². The van der Waals surface area contributed by atoms with Crippen LogP contribution in [-0.4, -0.2) is 29.8 Å². The highest BCUT2D eigenvalue weighted by molar-refractivity contribution is 5.89. The minimum Gasteiger partial charge on any atom is -0.484 e. The van der Waals surface area contributed by atoms with Crippen molar-refractivity contribution in [2.75, 3.05) is 6.61 Å². The molecule has 0 atom stereocenters. The topological polar surface area (TPSA) is 88.0 Å². The Morgan fingerprint density at radius 1 is 1.08 bits per heavy atom. The molecule has 136 valence electrons. The average Bonchev–Trinajstić information content (AvgIpc) is 2.60. The van der Waals surface area contributed by atoms with Gasteiger partial charge in [0.05, 0.1) is 11.8 Å². The number of rotatable bonds is 6. The van der Waals surface area contributed by atoms with E-state index in [1.54, 1.807) is 12.1 Å². The summed E-state index contributed by atoms with van der Waals surface area (Å²) in [5, 5.41) is 12.7. The SMILES string of the molecule is CC(C)(C)c1ccc(OCC(=O)N/N=C/c2ccc(C(=O)O)cc2)cc1. The van der Waals surface area contributed by atoms with Crippen molar-refractivity contribution in [3.8, 4) is 5.75 Å². The van der Waals surface area contributed by atoms with E-state index in [2.05, 4.69) is 31.3 Å². The first-order valence-electron chi connectivity index (χ1n) is 8.14. The highest BCUT2D eigenvalue weighted by Gasteiger charge is 2.13. The predicted octanol–water partition coefficient (Wildman–Crippen LogP) is 3.21. The van der Waals surface area contributed by atoms with Crippen LogP contribution < -0.4 is 10.2 Å². The minimum absolute atomic E-state index is 0.0628. The molecule has 0 bridgehead atoms. The number of aromatic carboxylic acids is 1. The zero-order chi connectivity index (χ0) is 19.2. The summed E-state index contributed by atoms with van der Waals surface area (Å²) in [7, 11) is 0. The van der Waals surface area contributed by atoms with Crippen LogP contribution >= 0.6 is 0 Å². The van der Waals surface area contributed by atoms with E-state index in [-0.39, 0.29) is 23.5 Å². The number of carbonyl (C=O) groups is 2. The van der Waals surface area contributed by atoms with Gasteiger partial charge in [-0.05, 0) is 40.8 Å². The maximum atomic E-state index is 11.7. The van der Waals surface area contributed by atoms with Crippen LogP contribution in [0.3, 0.4) is 0 Å². The molecule has 6 nitrogen and oxygen atoms in total. The second-order valence-corrected chi connectivity index (χ2v) is 6.78. The van der Waals surface area contributed by atoms with E-state index >= 15 is 0 Å². The molecule has 0 aliphatic heterocycles. The van der Waals surface area contributed by atoms with Crippen molar-refractivity contribution in [1.29, 1.82) is 0 Å². The van der Waals surface area contributed by atoms with Crippen LogP contribution in [0.5, 0.6) is 5.75 Å². The number of hydrazone groups is 1. The maximum absolute atomic E-state index is 11.7. The standard InChI is InChI=1S/C20H22N2O4/c1-20(2,3)16-8-10-17(11-9-16)26-13-18(23)22-21-12-14-4-6-15(7-5-14)19(24)25/h4-12H,13H2,1-3H3,(H,22,23)(H,24,25)/b21-12+. The van der Waals surface area contributed by atoms with E-state index < -0.39 is 5.97 Å². The normalized spacial score (nSPS) is 11.3. The summed E-state index contributed by atoms with van der Waals surface area (Å²) in [6.07, 6.45) is 1.43. The number of carboxylic acid groups (broad SMARTS) is 1. The predicted molar refractivity (Wildman–Crippen MR) is 99.8 cm³/mol. The third kappa shape index (κ3) is 5.73. The fraction of sp³-hybridized carbons (Fsp3) is 0.250. The first-order valence-corrected chi connectivity index (χ1v) is 8.14. The Hall–Kier alpha value is -3.15. The quantitative estimate of drug-likeness (QED) is 0.616. The minimum atomic E-state index is -0.991. The summed E-state index contributed by atoms with van der Waals surface area (Å²) in [5.41, 5.74) is 4.48. The molecule has 6 heteroatoms. The monoisotopic (exact) mass is 354 g/mol. The summed E-state index contributed by atoms with van der Waals surface area (Å²) in [6, 6.07) is 13.8. The fourth-order valence-corrected chi connectivity index (χ4v) is 2.12. The lowest BCUT2D eigenvalue weighted by molar-refractivity contribution is -0.123. The summed E-state index contributed by atoms with van der Waals surface area (Å²) in [6.45, 7) is 6.24. The van der Waals surface area contributed by atoms with Crippen LogP contribution in [0.25, 0.3) is 0 Å². The molecule has 0 aromatic heterocycles. The Morgan fingerprint density at radius 3 is 2.23 bits per heavy atom. The van der Waals surface area contributed by atoms with Crippen molar-refractivity contribution in [1.82, 2.24) is 5.43 Å². The van der Waals surface area contributed by atoms with E-state index in [9.17, 15) is 9.59 Å². The van der Waals surface area contributed by atoms with Gasteiger partial charge in [-0.15, -0.1) is 0 Å². The summed E-state index contributed by atoms with van der Waals surface area (Å²) < 4.78 is 5.43. The molecule has 0 saturated carbocycles. The molecule has 0 aliphatic carbocycles. The maximum Gasteiger partial charge on any atom is 0.335 e. The molecule has 0 aliphatic rings. The summed E-state index contributed by atoms with van der Waals surface area (Å²) in [4.78, 5) is 22.5. The molecule has 0 fully saturated rings. The number of ether oxygens (including phenoxy) is 1. The molecule has 0 unspecified atom stereocenters. The lowest BCUT2D eigenvalue weighted by Crippen LogP contribution is -2.24. The number of hydrogen-bond donors (Lipinski definition) is 2. The third-order valence-electron chi connectivity index (χ3n) is 3.65. The Balaban J connectivity index is 1.80. The lowest BCUT2D eigenvalue weighted by Gasteiger charge is -2.19. The van der Waals surface area contributed by atoms with Crippen molar-refractivity contribution >= 4 is 18.1 Å². The van der Waals surface area contributed by atoms with Crippen molar-refractivity contribution in [3.63, 3.8) is 0 Å². The van der Waals surface area contributed by atoms with E-state index in [4.69, 9.17) is 9.84 Å². The average molecular weight is 354 g/mol. The van der Waals surface area contributed by atoms with Gasteiger partial charge >= 0.3 is 5.97 Å². The molecule has 0 saturated heterocycles. The van der Waals surface area contributed by atoms with E-state index in [1.807, 2.05) is 24.3 Å². The molecule has 2 N–H and O–H groups in total. The molecule has 0 spiro atoms. The smallest absolute Gasteiger partial charge is 0.335 e. The second kappa shape index (κ2) is 8.29. The van der Waals surface area contributed by atoms with Crippen LogP contribution in [0.1, 0.15) is 42.3 Å². The molecular formula is C20H22N2O4. The number of carboxylic acids is 1. The Morgan fingerprint density at radius 2 is 1.69 bits per heavy atom. The largest absolute Gasteiger partial charge is 0.484 e. The van der Waals surface area contributed by atoms with Crippen molar-refractivity contribution in [3.05, 3.63) is 65.2 Å². The van der Waals surface area contributed by atoms with Crippen LogP contribution in [-0.2, 0) is 10.2 Å². The number of hydrogen-bond acceptors (Lipinski definition) is 4. The van der Waals surface area contributed by atoms with Gasteiger partial charge in [0.25, 0.3) is 5.91 Å². The Kier molecular flexibility index (Phi) is 6.11.